The van der Waals surface area contributed by atoms with Gasteiger partial charge in [0.1, 0.15) is 0 Å². The van der Waals surface area contributed by atoms with Crippen molar-refractivity contribution in [2.45, 2.75) is 20.3 Å². The van der Waals surface area contributed by atoms with Crippen LogP contribution < -0.4 is 5.32 Å². The van der Waals surface area contributed by atoms with E-state index in [2.05, 4.69) is 26.2 Å². The summed E-state index contributed by atoms with van der Waals surface area (Å²) in [6.45, 7) is 3.12. The predicted octanol–water partition coefficient (Wildman–Crippen LogP) is 2.13. The van der Waals surface area contributed by atoms with E-state index < -0.39 is 5.97 Å². The van der Waals surface area contributed by atoms with Crippen molar-refractivity contribution in [2.24, 2.45) is 0 Å². The molecule has 1 heterocycles. The van der Waals surface area contributed by atoms with Crippen molar-refractivity contribution >= 4 is 44.3 Å². The molecule has 0 unspecified atom stereocenters. The van der Waals surface area contributed by atoms with Gasteiger partial charge in [-0.25, -0.2) is 4.98 Å². The zero-order valence-electron chi connectivity index (χ0n) is 8.99. The van der Waals surface area contributed by atoms with Gasteiger partial charge in [0, 0.05) is 12.3 Å². The number of halogens is 1. The molecule has 1 aromatic rings. The van der Waals surface area contributed by atoms with Crippen LogP contribution in [-0.2, 0) is 16.0 Å². The zero-order valence-corrected chi connectivity index (χ0v) is 11.4. The number of aromatic nitrogens is 1. The number of carboxylic acids is 1. The summed E-state index contributed by atoms with van der Waals surface area (Å²) in [7, 11) is 0. The highest BCUT2D eigenvalue weighted by atomic mass is 79.9. The molecule has 0 saturated heterocycles. The van der Waals surface area contributed by atoms with Gasteiger partial charge in [0.25, 0.3) is 5.97 Å². The molecule has 0 saturated carbocycles. The first-order valence-corrected chi connectivity index (χ1v) is 6.49. The third-order valence-electron chi connectivity index (χ3n) is 1.28. The second kappa shape index (κ2) is 8.23. The Kier molecular flexibility index (Phi) is 7.74. The summed E-state index contributed by atoms with van der Waals surface area (Å²) in [6.07, 6.45) is 0.903. The monoisotopic (exact) mass is 308 g/mol. The van der Waals surface area contributed by atoms with E-state index >= 15 is 0 Å². The first kappa shape index (κ1) is 15.0. The Morgan fingerprint density at radius 3 is 2.56 bits per heavy atom. The average Bonchev–Trinajstić information content (AvgIpc) is 2.64. The second-order valence-corrected chi connectivity index (χ2v) is 4.12. The quantitative estimate of drug-likeness (QED) is 0.838. The largest absolute Gasteiger partial charge is 0.481 e. The molecule has 0 spiro atoms. The number of aliphatic carboxylic acids is 1. The maximum Gasteiger partial charge on any atom is 0.300 e. The highest BCUT2D eigenvalue weighted by Gasteiger charge is 2.03. The molecule has 16 heavy (non-hydrogen) atoms. The van der Waals surface area contributed by atoms with Gasteiger partial charge in [-0.15, -0.1) is 11.3 Å². The van der Waals surface area contributed by atoms with Crippen LogP contribution in [0, 0.1) is 0 Å². The van der Waals surface area contributed by atoms with Crippen LogP contribution in [-0.4, -0.2) is 27.3 Å². The molecular weight excluding hydrogens is 296 g/mol. The second-order valence-electron chi connectivity index (χ2n) is 2.70. The van der Waals surface area contributed by atoms with E-state index in [1.54, 1.807) is 0 Å². The summed E-state index contributed by atoms with van der Waals surface area (Å²) in [6, 6.07) is 0. The average molecular weight is 309 g/mol. The minimum Gasteiger partial charge on any atom is -0.481 e. The Morgan fingerprint density at radius 1 is 1.62 bits per heavy atom. The van der Waals surface area contributed by atoms with Gasteiger partial charge in [0.15, 0.2) is 5.13 Å². The Balaban J connectivity index is 0.000000487. The zero-order chi connectivity index (χ0) is 12.6. The van der Waals surface area contributed by atoms with Gasteiger partial charge in [-0.2, -0.15) is 0 Å². The van der Waals surface area contributed by atoms with E-state index in [9.17, 15) is 4.79 Å². The van der Waals surface area contributed by atoms with Gasteiger partial charge in [0.05, 0.1) is 11.0 Å². The van der Waals surface area contributed by atoms with Crippen molar-refractivity contribution in [1.29, 1.82) is 0 Å². The smallest absolute Gasteiger partial charge is 0.300 e. The molecule has 7 heteroatoms. The summed E-state index contributed by atoms with van der Waals surface area (Å²) in [4.78, 5) is 24.1. The standard InChI is InChI=1S/C7H9BrN2OS.C2H4O2/c1-2-5-4-12-7(9-5)10-6(11)3-8;1-2(3)4/h4H,2-3H2,1H3,(H,9,10,11);1H3,(H,3,4). The fourth-order valence-electron chi connectivity index (χ4n) is 0.679. The van der Waals surface area contributed by atoms with E-state index in [4.69, 9.17) is 9.90 Å². The lowest BCUT2D eigenvalue weighted by Crippen LogP contribution is -2.11. The van der Waals surface area contributed by atoms with Crippen LogP contribution in [0.1, 0.15) is 19.5 Å². The summed E-state index contributed by atoms with van der Waals surface area (Å²) >= 11 is 4.51. The number of hydrogen-bond acceptors (Lipinski definition) is 4. The molecule has 90 valence electrons. The van der Waals surface area contributed by atoms with E-state index in [-0.39, 0.29) is 5.91 Å². The third-order valence-corrected chi connectivity index (χ3v) is 2.60. The number of amides is 1. The Hall–Kier alpha value is -0.950. The molecule has 0 atom stereocenters. The van der Waals surface area contributed by atoms with E-state index in [0.717, 1.165) is 19.0 Å². The number of nitrogens with one attached hydrogen (secondary N) is 1. The Bertz CT molecular complexity index is 350. The number of carboxylic acid groups (broad SMARTS) is 1. The van der Waals surface area contributed by atoms with Crippen molar-refractivity contribution in [2.75, 3.05) is 10.6 Å². The van der Waals surface area contributed by atoms with Crippen molar-refractivity contribution in [3.63, 3.8) is 0 Å². The molecule has 0 fully saturated rings. The highest BCUT2D eigenvalue weighted by Crippen LogP contribution is 2.15. The molecule has 0 bridgehead atoms. The third kappa shape index (κ3) is 7.36. The number of alkyl halides is 1. The van der Waals surface area contributed by atoms with Crippen molar-refractivity contribution in [1.82, 2.24) is 4.98 Å². The lowest BCUT2D eigenvalue weighted by molar-refractivity contribution is -0.134. The van der Waals surface area contributed by atoms with Gasteiger partial charge in [-0.05, 0) is 6.42 Å². The molecule has 1 aromatic heterocycles. The van der Waals surface area contributed by atoms with E-state index in [0.29, 0.717) is 10.5 Å². The van der Waals surface area contributed by atoms with Crippen LogP contribution in [0.4, 0.5) is 5.13 Å². The number of carbonyl (C=O) groups excluding carboxylic acids is 1. The number of anilines is 1. The molecular formula is C9H13BrN2O3S. The van der Waals surface area contributed by atoms with Gasteiger partial charge in [-0.3, -0.25) is 9.59 Å². The minimum atomic E-state index is -0.833. The van der Waals surface area contributed by atoms with Crippen LogP contribution in [0.25, 0.3) is 0 Å². The molecule has 0 aliphatic rings. The van der Waals surface area contributed by atoms with Crippen LogP contribution in [0.5, 0.6) is 0 Å². The molecule has 1 rings (SSSR count). The fraction of sp³-hybridized carbons (Fsp3) is 0.444. The maximum absolute atomic E-state index is 10.9. The molecule has 0 aliphatic carbocycles. The molecule has 0 aromatic carbocycles. The highest BCUT2D eigenvalue weighted by molar-refractivity contribution is 9.09. The van der Waals surface area contributed by atoms with Gasteiger partial charge in [-0.1, -0.05) is 22.9 Å². The molecule has 5 nitrogen and oxygen atoms in total. The maximum atomic E-state index is 10.9. The van der Waals surface area contributed by atoms with Gasteiger partial charge < -0.3 is 10.4 Å². The van der Waals surface area contributed by atoms with E-state index in [1.165, 1.54) is 11.3 Å². The molecule has 0 radical (unpaired) electrons. The van der Waals surface area contributed by atoms with E-state index in [1.807, 2.05) is 12.3 Å². The predicted molar refractivity (Wildman–Crippen MR) is 67.2 cm³/mol. The lowest BCUT2D eigenvalue weighted by atomic mass is 10.4. The van der Waals surface area contributed by atoms with Crippen LogP contribution in [0.2, 0.25) is 0 Å². The summed E-state index contributed by atoms with van der Waals surface area (Å²) in [5.41, 5.74) is 1.02. The van der Waals surface area contributed by atoms with Crippen molar-refractivity contribution < 1.29 is 14.7 Å². The number of hydrogen-bond donors (Lipinski definition) is 2. The van der Waals surface area contributed by atoms with Gasteiger partial charge >= 0.3 is 0 Å². The number of thiazole rings is 1. The summed E-state index contributed by atoms with van der Waals surface area (Å²) < 4.78 is 0. The normalized spacial score (nSPS) is 8.94. The lowest BCUT2D eigenvalue weighted by Gasteiger charge is -1.94. The van der Waals surface area contributed by atoms with Crippen LogP contribution in [0.15, 0.2) is 5.38 Å². The van der Waals surface area contributed by atoms with Crippen molar-refractivity contribution in [3.05, 3.63) is 11.1 Å². The Morgan fingerprint density at radius 2 is 2.19 bits per heavy atom. The number of carbonyl (C=O) groups is 2. The first-order valence-electron chi connectivity index (χ1n) is 4.49. The number of nitrogens with zero attached hydrogens (tertiary/aromatic N) is 1. The van der Waals surface area contributed by atoms with Crippen molar-refractivity contribution in [3.8, 4) is 0 Å². The SMILES string of the molecule is CC(=O)O.CCc1csc(NC(=O)CBr)n1. The summed E-state index contributed by atoms with van der Waals surface area (Å²) in [5, 5.41) is 13.0. The number of aryl methyl sites for hydroxylation is 1. The molecule has 2 N–H and O–H groups in total. The topological polar surface area (TPSA) is 79.3 Å². The van der Waals surface area contributed by atoms with Crippen LogP contribution in [0.3, 0.4) is 0 Å². The van der Waals surface area contributed by atoms with Gasteiger partial charge in [0.2, 0.25) is 5.91 Å². The Labute approximate surface area is 106 Å². The van der Waals surface area contributed by atoms with Crippen LogP contribution >= 0.6 is 27.3 Å². The molecule has 1 amide bonds. The minimum absolute atomic E-state index is 0.0630. The molecule has 0 aliphatic heterocycles. The first-order chi connectivity index (χ1) is 7.49. The summed E-state index contributed by atoms with van der Waals surface area (Å²) in [5.74, 6) is -0.896. The fourth-order valence-corrected chi connectivity index (χ4v) is 1.63. The number of rotatable bonds is 3.